The molecule has 2 rings (SSSR count). The molecule has 1 aromatic heterocycles. The van der Waals surface area contributed by atoms with Gasteiger partial charge in [0.05, 0.1) is 12.0 Å². The maximum atomic E-state index is 13.5. The third kappa shape index (κ3) is 4.60. The number of benzene rings is 1. The first-order chi connectivity index (χ1) is 10.6. The fourth-order valence-corrected chi connectivity index (χ4v) is 1.91. The van der Waals surface area contributed by atoms with E-state index in [0.717, 1.165) is 6.07 Å². The Morgan fingerprint density at radius 1 is 1.27 bits per heavy atom. The van der Waals surface area contributed by atoms with Crippen LogP contribution in [-0.4, -0.2) is 18.4 Å². The first-order valence-corrected chi connectivity index (χ1v) is 7.00. The summed E-state index contributed by atoms with van der Waals surface area (Å²) in [5.74, 6) is -1.05. The molecule has 0 fully saturated rings. The molecular formula is C15H14ClFN2O3. The summed E-state index contributed by atoms with van der Waals surface area (Å²) in [6.45, 7) is 0.316. The van der Waals surface area contributed by atoms with Crippen molar-refractivity contribution in [2.24, 2.45) is 0 Å². The van der Waals surface area contributed by atoms with Gasteiger partial charge in [0.2, 0.25) is 5.91 Å². The fourth-order valence-electron chi connectivity index (χ4n) is 1.75. The van der Waals surface area contributed by atoms with Crippen molar-refractivity contribution in [2.75, 3.05) is 11.9 Å². The molecule has 0 aliphatic heterocycles. The molecule has 0 unspecified atom stereocenters. The van der Waals surface area contributed by atoms with Gasteiger partial charge in [0.15, 0.2) is 5.76 Å². The highest BCUT2D eigenvalue weighted by Crippen LogP contribution is 2.19. The van der Waals surface area contributed by atoms with Crippen molar-refractivity contribution in [2.45, 2.75) is 12.8 Å². The number of anilines is 1. The van der Waals surface area contributed by atoms with Crippen molar-refractivity contribution >= 4 is 29.1 Å². The number of amides is 2. The number of hydrogen-bond donors (Lipinski definition) is 2. The number of halogens is 2. The van der Waals surface area contributed by atoms with Crippen LogP contribution in [0.25, 0.3) is 0 Å². The molecule has 0 aliphatic rings. The van der Waals surface area contributed by atoms with E-state index in [4.69, 9.17) is 16.0 Å². The smallest absolute Gasteiger partial charge is 0.286 e. The van der Waals surface area contributed by atoms with Gasteiger partial charge in [-0.05, 0) is 36.8 Å². The van der Waals surface area contributed by atoms with E-state index >= 15 is 0 Å². The Kier molecular flexibility index (Phi) is 5.55. The van der Waals surface area contributed by atoms with Crippen LogP contribution in [0.15, 0.2) is 41.0 Å². The minimum Gasteiger partial charge on any atom is -0.459 e. The Balaban J connectivity index is 1.71. The van der Waals surface area contributed by atoms with Gasteiger partial charge < -0.3 is 15.1 Å². The van der Waals surface area contributed by atoms with E-state index in [2.05, 4.69) is 10.6 Å². The van der Waals surface area contributed by atoms with Gasteiger partial charge in [-0.1, -0.05) is 11.6 Å². The van der Waals surface area contributed by atoms with Crippen LogP contribution in [0.4, 0.5) is 10.1 Å². The lowest BCUT2D eigenvalue weighted by molar-refractivity contribution is -0.116. The molecule has 0 atom stereocenters. The predicted molar refractivity (Wildman–Crippen MR) is 80.3 cm³/mol. The van der Waals surface area contributed by atoms with Crippen LogP contribution >= 0.6 is 11.6 Å². The molecule has 1 heterocycles. The van der Waals surface area contributed by atoms with Gasteiger partial charge in [0.25, 0.3) is 5.91 Å². The summed E-state index contributed by atoms with van der Waals surface area (Å²) in [6.07, 6.45) is 1.98. The standard InChI is InChI=1S/C15H14ClFN2O3/c16-10-5-6-12(11(17)9-10)19-14(20)4-1-7-18-15(21)13-3-2-8-22-13/h2-3,5-6,8-9H,1,4,7H2,(H,18,21)(H,19,20). The van der Waals surface area contributed by atoms with Crippen LogP contribution in [0.3, 0.4) is 0 Å². The second-order valence-corrected chi connectivity index (χ2v) is 4.95. The van der Waals surface area contributed by atoms with E-state index in [-0.39, 0.29) is 34.7 Å². The van der Waals surface area contributed by atoms with Crippen LogP contribution in [0.2, 0.25) is 5.02 Å². The van der Waals surface area contributed by atoms with Gasteiger partial charge in [0.1, 0.15) is 5.82 Å². The molecule has 0 saturated heterocycles. The summed E-state index contributed by atoms with van der Waals surface area (Å²) >= 11 is 5.63. The Morgan fingerprint density at radius 2 is 2.09 bits per heavy atom. The van der Waals surface area contributed by atoms with Crippen molar-refractivity contribution in [3.63, 3.8) is 0 Å². The summed E-state index contributed by atoms with van der Waals surface area (Å²) in [5.41, 5.74) is 0.0778. The lowest BCUT2D eigenvalue weighted by Crippen LogP contribution is -2.25. The average Bonchev–Trinajstić information content (AvgIpc) is 3.01. The highest BCUT2D eigenvalue weighted by atomic mass is 35.5. The first kappa shape index (κ1) is 16.0. The summed E-state index contributed by atoms with van der Waals surface area (Å²) in [4.78, 5) is 23.2. The van der Waals surface area contributed by atoms with Crippen molar-refractivity contribution in [3.05, 3.63) is 53.2 Å². The van der Waals surface area contributed by atoms with E-state index in [1.165, 1.54) is 18.4 Å². The largest absolute Gasteiger partial charge is 0.459 e. The molecule has 0 aliphatic carbocycles. The number of carbonyl (C=O) groups excluding carboxylic acids is 2. The van der Waals surface area contributed by atoms with Gasteiger partial charge in [0, 0.05) is 18.0 Å². The predicted octanol–water partition coefficient (Wildman–Crippen LogP) is 3.22. The Morgan fingerprint density at radius 3 is 2.77 bits per heavy atom. The van der Waals surface area contributed by atoms with Crippen LogP contribution in [0, 0.1) is 5.82 Å². The molecule has 0 bridgehead atoms. The number of nitrogens with one attached hydrogen (secondary N) is 2. The quantitative estimate of drug-likeness (QED) is 0.801. The van der Waals surface area contributed by atoms with E-state index in [1.54, 1.807) is 12.1 Å². The van der Waals surface area contributed by atoms with Crippen molar-refractivity contribution in [3.8, 4) is 0 Å². The zero-order valence-corrected chi connectivity index (χ0v) is 12.3. The molecule has 1 aromatic carbocycles. The minimum atomic E-state index is -0.591. The summed E-state index contributed by atoms with van der Waals surface area (Å²) < 4.78 is 18.4. The number of furan rings is 1. The van der Waals surface area contributed by atoms with Gasteiger partial charge in [-0.2, -0.15) is 0 Å². The second kappa shape index (κ2) is 7.61. The number of carbonyl (C=O) groups is 2. The van der Waals surface area contributed by atoms with Crippen molar-refractivity contribution < 1.29 is 18.4 Å². The van der Waals surface area contributed by atoms with Crippen LogP contribution < -0.4 is 10.6 Å². The molecule has 5 nitrogen and oxygen atoms in total. The van der Waals surface area contributed by atoms with Crippen LogP contribution in [0.5, 0.6) is 0 Å². The van der Waals surface area contributed by atoms with Crippen LogP contribution in [0.1, 0.15) is 23.4 Å². The molecule has 7 heteroatoms. The summed E-state index contributed by atoms with van der Waals surface area (Å²) in [5, 5.41) is 5.33. The Bertz CT molecular complexity index is 659. The monoisotopic (exact) mass is 324 g/mol. The molecule has 0 radical (unpaired) electrons. The maximum absolute atomic E-state index is 13.5. The Hall–Kier alpha value is -2.34. The molecule has 22 heavy (non-hydrogen) atoms. The van der Waals surface area contributed by atoms with Gasteiger partial charge in [-0.15, -0.1) is 0 Å². The zero-order valence-electron chi connectivity index (χ0n) is 11.6. The third-order valence-electron chi connectivity index (χ3n) is 2.82. The van der Waals surface area contributed by atoms with Gasteiger partial charge >= 0.3 is 0 Å². The molecule has 2 N–H and O–H groups in total. The Labute approximate surface area is 131 Å². The maximum Gasteiger partial charge on any atom is 0.286 e. The molecule has 0 saturated carbocycles. The molecular weight excluding hydrogens is 311 g/mol. The second-order valence-electron chi connectivity index (χ2n) is 4.51. The lowest BCUT2D eigenvalue weighted by atomic mass is 10.2. The van der Waals surface area contributed by atoms with Gasteiger partial charge in [-0.3, -0.25) is 9.59 Å². The third-order valence-corrected chi connectivity index (χ3v) is 3.05. The molecule has 0 spiro atoms. The normalized spacial score (nSPS) is 10.3. The van der Waals surface area contributed by atoms with Crippen molar-refractivity contribution in [1.82, 2.24) is 5.32 Å². The topological polar surface area (TPSA) is 71.3 Å². The summed E-state index contributed by atoms with van der Waals surface area (Å²) in [7, 11) is 0. The van der Waals surface area contributed by atoms with E-state index in [0.29, 0.717) is 13.0 Å². The van der Waals surface area contributed by atoms with Crippen molar-refractivity contribution in [1.29, 1.82) is 0 Å². The van der Waals surface area contributed by atoms with E-state index < -0.39 is 5.82 Å². The number of rotatable bonds is 6. The van der Waals surface area contributed by atoms with Gasteiger partial charge in [-0.25, -0.2) is 4.39 Å². The molecule has 2 aromatic rings. The lowest BCUT2D eigenvalue weighted by Gasteiger charge is -2.07. The molecule has 116 valence electrons. The highest BCUT2D eigenvalue weighted by molar-refractivity contribution is 6.30. The van der Waals surface area contributed by atoms with Crippen LogP contribution in [-0.2, 0) is 4.79 Å². The zero-order chi connectivity index (χ0) is 15.9. The van der Waals surface area contributed by atoms with E-state index in [1.807, 2.05) is 0 Å². The highest BCUT2D eigenvalue weighted by Gasteiger charge is 2.09. The van der Waals surface area contributed by atoms with E-state index in [9.17, 15) is 14.0 Å². The fraction of sp³-hybridized carbons (Fsp3) is 0.200. The number of hydrogen-bond acceptors (Lipinski definition) is 3. The minimum absolute atomic E-state index is 0.0778. The summed E-state index contributed by atoms with van der Waals surface area (Å²) in [6, 6.07) is 7.17. The first-order valence-electron chi connectivity index (χ1n) is 6.63. The molecule has 2 amide bonds. The average molecular weight is 325 g/mol. The SMILES string of the molecule is O=C(CCCNC(=O)c1ccco1)Nc1ccc(Cl)cc1F.